The SMILES string of the molecule is OC1CCN([C@H]2CCC[C@H]2NCCn2ccnc2)C1. The standard InChI is InChI=1S/C14H24N4O/c19-12-4-7-18(10-12)14-3-1-2-13(14)16-6-9-17-8-5-15-11-17/h5,8,11-14,16,19H,1-4,6-7,9-10H2/t12?,13-,14+/m1/s1. The predicted molar refractivity (Wildman–Crippen MR) is 73.9 cm³/mol. The molecule has 1 saturated carbocycles. The number of hydrogen-bond donors (Lipinski definition) is 2. The summed E-state index contributed by atoms with van der Waals surface area (Å²) in [7, 11) is 0. The first-order valence-electron chi connectivity index (χ1n) is 7.44. The molecule has 2 fully saturated rings. The van der Waals surface area contributed by atoms with Crippen molar-refractivity contribution in [1.29, 1.82) is 0 Å². The van der Waals surface area contributed by atoms with E-state index in [4.69, 9.17) is 0 Å². The van der Waals surface area contributed by atoms with Crippen LogP contribution in [0.15, 0.2) is 18.7 Å². The Morgan fingerprint density at radius 3 is 3.00 bits per heavy atom. The molecule has 0 bridgehead atoms. The maximum absolute atomic E-state index is 9.67. The molecule has 1 aliphatic heterocycles. The molecule has 5 nitrogen and oxygen atoms in total. The highest BCUT2D eigenvalue weighted by Crippen LogP contribution is 2.27. The molecule has 3 rings (SSSR count). The van der Waals surface area contributed by atoms with Crippen LogP contribution in [-0.2, 0) is 6.54 Å². The molecule has 2 N–H and O–H groups in total. The second kappa shape index (κ2) is 6.03. The Bertz CT molecular complexity index is 381. The van der Waals surface area contributed by atoms with E-state index < -0.39 is 0 Å². The lowest BCUT2D eigenvalue weighted by atomic mass is 10.1. The monoisotopic (exact) mass is 264 g/mol. The summed E-state index contributed by atoms with van der Waals surface area (Å²) < 4.78 is 2.11. The van der Waals surface area contributed by atoms with E-state index in [-0.39, 0.29) is 6.10 Å². The fourth-order valence-electron chi connectivity index (χ4n) is 3.48. The van der Waals surface area contributed by atoms with Crippen LogP contribution in [0.25, 0.3) is 0 Å². The van der Waals surface area contributed by atoms with Gasteiger partial charge in [0.05, 0.1) is 12.4 Å². The van der Waals surface area contributed by atoms with Crippen molar-refractivity contribution in [3.63, 3.8) is 0 Å². The topological polar surface area (TPSA) is 53.3 Å². The summed E-state index contributed by atoms with van der Waals surface area (Å²) in [6.45, 7) is 3.90. The minimum Gasteiger partial charge on any atom is -0.392 e. The van der Waals surface area contributed by atoms with Gasteiger partial charge in [-0.3, -0.25) is 4.90 Å². The zero-order chi connectivity index (χ0) is 13.1. The van der Waals surface area contributed by atoms with E-state index in [1.165, 1.54) is 19.3 Å². The Labute approximate surface area is 114 Å². The van der Waals surface area contributed by atoms with Crippen molar-refractivity contribution >= 4 is 0 Å². The van der Waals surface area contributed by atoms with Gasteiger partial charge in [-0.2, -0.15) is 0 Å². The molecule has 0 spiro atoms. The molecule has 1 aromatic heterocycles. The maximum atomic E-state index is 9.67. The first-order valence-corrected chi connectivity index (χ1v) is 7.44. The Morgan fingerprint density at radius 2 is 2.26 bits per heavy atom. The number of aliphatic hydroxyl groups excluding tert-OH is 1. The van der Waals surface area contributed by atoms with Crippen molar-refractivity contribution < 1.29 is 5.11 Å². The third-order valence-corrected chi connectivity index (χ3v) is 4.48. The third kappa shape index (κ3) is 3.16. The molecule has 0 radical (unpaired) electrons. The third-order valence-electron chi connectivity index (χ3n) is 4.48. The number of imidazole rings is 1. The summed E-state index contributed by atoms with van der Waals surface area (Å²) in [5.74, 6) is 0. The van der Waals surface area contributed by atoms with Crippen LogP contribution in [0.4, 0.5) is 0 Å². The van der Waals surface area contributed by atoms with Crippen LogP contribution in [0, 0.1) is 0 Å². The smallest absolute Gasteiger partial charge is 0.0946 e. The molecule has 0 amide bonds. The molecular weight excluding hydrogens is 240 g/mol. The lowest BCUT2D eigenvalue weighted by Gasteiger charge is -2.30. The van der Waals surface area contributed by atoms with E-state index >= 15 is 0 Å². The van der Waals surface area contributed by atoms with Crippen LogP contribution < -0.4 is 5.32 Å². The number of likely N-dealkylation sites (tertiary alicyclic amines) is 1. The summed E-state index contributed by atoms with van der Waals surface area (Å²) in [5.41, 5.74) is 0. The minimum atomic E-state index is -0.104. The lowest BCUT2D eigenvalue weighted by Crippen LogP contribution is -2.47. The molecule has 1 saturated heterocycles. The van der Waals surface area contributed by atoms with Crippen LogP contribution in [0.2, 0.25) is 0 Å². The fraction of sp³-hybridized carbons (Fsp3) is 0.786. The van der Waals surface area contributed by atoms with Crippen LogP contribution in [-0.4, -0.2) is 57.4 Å². The highest BCUT2D eigenvalue weighted by atomic mass is 16.3. The average Bonchev–Trinajstić information content (AvgIpc) is 3.10. The predicted octanol–water partition coefficient (Wildman–Crippen LogP) is 0.460. The van der Waals surface area contributed by atoms with Gasteiger partial charge in [-0.05, 0) is 19.3 Å². The number of nitrogens with one attached hydrogen (secondary N) is 1. The molecule has 1 unspecified atom stereocenters. The van der Waals surface area contributed by atoms with E-state index in [1.807, 2.05) is 18.7 Å². The van der Waals surface area contributed by atoms with Gasteiger partial charge < -0.3 is 15.0 Å². The first-order chi connectivity index (χ1) is 9.33. The molecule has 106 valence electrons. The van der Waals surface area contributed by atoms with Gasteiger partial charge in [-0.1, -0.05) is 6.42 Å². The number of nitrogens with zero attached hydrogens (tertiary/aromatic N) is 3. The molecule has 1 aliphatic carbocycles. The normalized spacial score (nSPS) is 32.2. The fourth-order valence-corrected chi connectivity index (χ4v) is 3.48. The molecule has 3 atom stereocenters. The molecule has 2 heterocycles. The number of aliphatic hydroxyl groups is 1. The summed E-state index contributed by atoms with van der Waals surface area (Å²) in [5, 5.41) is 13.4. The highest BCUT2D eigenvalue weighted by molar-refractivity contribution is 4.93. The van der Waals surface area contributed by atoms with Crippen LogP contribution in [0.5, 0.6) is 0 Å². The van der Waals surface area contributed by atoms with E-state index in [1.54, 1.807) is 0 Å². The number of rotatable bonds is 5. The molecule has 0 aromatic carbocycles. The van der Waals surface area contributed by atoms with Gasteiger partial charge in [-0.25, -0.2) is 4.98 Å². The number of hydrogen-bond acceptors (Lipinski definition) is 4. The largest absolute Gasteiger partial charge is 0.392 e. The second-order valence-electron chi connectivity index (χ2n) is 5.80. The van der Waals surface area contributed by atoms with E-state index in [9.17, 15) is 5.11 Å². The van der Waals surface area contributed by atoms with Crippen molar-refractivity contribution in [3.8, 4) is 0 Å². The second-order valence-corrected chi connectivity index (χ2v) is 5.80. The summed E-state index contributed by atoms with van der Waals surface area (Å²) in [6.07, 6.45) is 10.4. The van der Waals surface area contributed by atoms with Gasteiger partial charge in [-0.15, -0.1) is 0 Å². The van der Waals surface area contributed by atoms with Crippen molar-refractivity contribution in [2.45, 2.75) is 50.4 Å². The molecule has 1 aromatic rings. The number of β-amino-alcohol motifs (C(OH)–C–C–N with tert-alkyl or cyclic N) is 1. The average molecular weight is 264 g/mol. The van der Waals surface area contributed by atoms with Gasteiger partial charge >= 0.3 is 0 Å². The summed E-state index contributed by atoms with van der Waals surface area (Å²) >= 11 is 0. The van der Waals surface area contributed by atoms with Crippen molar-refractivity contribution in [3.05, 3.63) is 18.7 Å². The lowest BCUT2D eigenvalue weighted by molar-refractivity contribution is 0.150. The van der Waals surface area contributed by atoms with Crippen LogP contribution in [0.1, 0.15) is 25.7 Å². The molecule has 19 heavy (non-hydrogen) atoms. The van der Waals surface area contributed by atoms with Gasteiger partial charge in [0.25, 0.3) is 0 Å². The Kier molecular flexibility index (Phi) is 4.15. The molecular formula is C14H24N4O. The maximum Gasteiger partial charge on any atom is 0.0946 e. The zero-order valence-electron chi connectivity index (χ0n) is 11.4. The Morgan fingerprint density at radius 1 is 1.32 bits per heavy atom. The molecule has 5 heteroatoms. The highest BCUT2D eigenvalue weighted by Gasteiger charge is 2.35. The van der Waals surface area contributed by atoms with Gasteiger partial charge in [0.2, 0.25) is 0 Å². The Hall–Kier alpha value is -0.910. The summed E-state index contributed by atoms with van der Waals surface area (Å²) in [6, 6.07) is 1.22. The van der Waals surface area contributed by atoms with Crippen molar-refractivity contribution in [2.24, 2.45) is 0 Å². The van der Waals surface area contributed by atoms with E-state index in [0.717, 1.165) is 32.6 Å². The van der Waals surface area contributed by atoms with Crippen LogP contribution in [0.3, 0.4) is 0 Å². The zero-order valence-corrected chi connectivity index (χ0v) is 11.4. The van der Waals surface area contributed by atoms with Crippen LogP contribution >= 0.6 is 0 Å². The van der Waals surface area contributed by atoms with Gasteiger partial charge in [0.15, 0.2) is 0 Å². The quantitative estimate of drug-likeness (QED) is 0.811. The van der Waals surface area contributed by atoms with Gasteiger partial charge in [0.1, 0.15) is 0 Å². The van der Waals surface area contributed by atoms with Crippen molar-refractivity contribution in [2.75, 3.05) is 19.6 Å². The number of aromatic nitrogens is 2. The first kappa shape index (κ1) is 13.1. The Balaban J connectivity index is 1.46. The van der Waals surface area contributed by atoms with E-state index in [2.05, 4.69) is 19.8 Å². The minimum absolute atomic E-state index is 0.104. The van der Waals surface area contributed by atoms with Gasteiger partial charge in [0, 0.05) is 50.7 Å². The van der Waals surface area contributed by atoms with Crippen molar-refractivity contribution in [1.82, 2.24) is 19.8 Å². The van der Waals surface area contributed by atoms with E-state index in [0.29, 0.717) is 12.1 Å². The summed E-state index contributed by atoms with van der Waals surface area (Å²) in [4.78, 5) is 6.54. The molecule has 2 aliphatic rings.